The van der Waals surface area contributed by atoms with E-state index < -0.39 is 5.60 Å². The number of piperidine rings is 1. The Morgan fingerprint density at radius 2 is 2.10 bits per heavy atom. The third kappa shape index (κ3) is 2.36. The molecule has 3 heterocycles. The molecule has 0 bridgehead atoms. The molecule has 0 aromatic heterocycles. The van der Waals surface area contributed by atoms with Crippen LogP contribution in [0.25, 0.3) is 0 Å². The highest BCUT2D eigenvalue weighted by Crippen LogP contribution is 2.44. The van der Waals surface area contributed by atoms with Crippen LogP contribution in [0.15, 0.2) is 24.3 Å². The maximum Gasteiger partial charge on any atom is 0.122 e. The summed E-state index contributed by atoms with van der Waals surface area (Å²) in [4.78, 5) is 2.52. The molecule has 3 nitrogen and oxygen atoms in total. The van der Waals surface area contributed by atoms with Gasteiger partial charge >= 0.3 is 0 Å². The molecule has 2 fully saturated rings. The minimum absolute atomic E-state index is 0.390. The molecule has 1 N–H and O–H groups in total. The molecule has 3 heteroatoms. The van der Waals surface area contributed by atoms with Crippen molar-refractivity contribution in [2.24, 2.45) is 0 Å². The Morgan fingerprint density at radius 3 is 3.05 bits per heavy atom. The second-order valence-electron chi connectivity index (χ2n) is 6.98. The zero-order valence-corrected chi connectivity index (χ0v) is 12.6. The van der Waals surface area contributed by atoms with Crippen molar-refractivity contribution in [1.29, 1.82) is 0 Å². The van der Waals surface area contributed by atoms with Gasteiger partial charge in [0.2, 0.25) is 0 Å². The summed E-state index contributed by atoms with van der Waals surface area (Å²) in [5.74, 6) is 1.47. The van der Waals surface area contributed by atoms with Gasteiger partial charge in [-0.25, -0.2) is 0 Å². The number of aliphatic hydroxyl groups is 1. The topological polar surface area (TPSA) is 32.7 Å². The van der Waals surface area contributed by atoms with Crippen LogP contribution < -0.4 is 4.74 Å². The number of hydrogen-bond donors (Lipinski definition) is 1. The lowest BCUT2D eigenvalue weighted by Crippen LogP contribution is -2.48. The molecule has 0 radical (unpaired) electrons. The number of hydrogen-bond acceptors (Lipinski definition) is 3. The molecule has 3 aliphatic rings. The van der Waals surface area contributed by atoms with Crippen LogP contribution in [-0.4, -0.2) is 41.3 Å². The molecule has 2 saturated heterocycles. The Balaban J connectivity index is 1.56. The predicted molar refractivity (Wildman–Crippen MR) is 82.7 cm³/mol. The van der Waals surface area contributed by atoms with E-state index in [1.165, 1.54) is 31.4 Å². The van der Waals surface area contributed by atoms with Gasteiger partial charge in [-0.2, -0.15) is 0 Å². The van der Waals surface area contributed by atoms with Crippen LogP contribution in [0, 0.1) is 0 Å². The van der Waals surface area contributed by atoms with E-state index in [1.54, 1.807) is 0 Å². The maximum absolute atomic E-state index is 11.3. The first-order valence-corrected chi connectivity index (χ1v) is 8.44. The average Bonchev–Trinajstić information content (AvgIpc) is 2.86. The Bertz CT molecular complexity index is 518. The van der Waals surface area contributed by atoms with Crippen molar-refractivity contribution in [1.82, 2.24) is 4.90 Å². The number of ether oxygens (including phenoxy) is 1. The lowest BCUT2D eigenvalue weighted by atomic mass is 9.77. The van der Waals surface area contributed by atoms with Crippen molar-refractivity contribution < 1.29 is 9.84 Å². The SMILES string of the molecule is OC1(CC2CCOc3ccccc32)CCN2CCCCC21. The van der Waals surface area contributed by atoms with Gasteiger partial charge in [-0.05, 0) is 56.2 Å². The summed E-state index contributed by atoms with van der Waals surface area (Å²) in [7, 11) is 0. The number of rotatable bonds is 2. The molecule has 3 aliphatic heterocycles. The largest absolute Gasteiger partial charge is 0.493 e. The third-order valence-electron chi connectivity index (χ3n) is 5.75. The van der Waals surface area contributed by atoms with Crippen LogP contribution in [0.5, 0.6) is 5.75 Å². The highest BCUT2D eigenvalue weighted by molar-refractivity contribution is 5.38. The lowest BCUT2D eigenvalue weighted by Gasteiger charge is -2.40. The molecule has 21 heavy (non-hydrogen) atoms. The monoisotopic (exact) mass is 287 g/mol. The van der Waals surface area contributed by atoms with Crippen molar-refractivity contribution in [2.75, 3.05) is 19.7 Å². The fraction of sp³-hybridized carbons (Fsp3) is 0.667. The first-order valence-electron chi connectivity index (χ1n) is 8.44. The number of fused-ring (bicyclic) bond motifs is 2. The predicted octanol–water partition coefficient (Wildman–Crippen LogP) is 2.93. The van der Waals surface area contributed by atoms with Gasteiger partial charge in [0.05, 0.1) is 12.2 Å². The molecule has 114 valence electrons. The van der Waals surface area contributed by atoms with Gasteiger partial charge in [-0.15, -0.1) is 0 Å². The molecule has 3 atom stereocenters. The Morgan fingerprint density at radius 1 is 1.19 bits per heavy atom. The van der Waals surface area contributed by atoms with Gasteiger partial charge in [0.1, 0.15) is 5.75 Å². The smallest absolute Gasteiger partial charge is 0.122 e. The first-order chi connectivity index (χ1) is 10.3. The van der Waals surface area contributed by atoms with Gasteiger partial charge in [-0.3, -0.25) is 4.90 Å². The molecule has 0 saturated carbocycles. The Kier molecular flexibility index (Phi) is 3.43. The Labute approximate surface area is 126 Å². The van der Waals surface area contributed by atoms with Gasteiger partial charge < -0.3 is 9.84 Å². The fourth-order valence-electron chi connectivity index (χ4n) is 4.66. The van der Waals surface area contributed by atoms with Gasteiger partial charge in [0.25, 0.3) is 0 Å². The summed E-state index contributed by atoms with van der Waals surface area (Å²) in [6.45, 7) is 3.04. The van der Waals surface area contributed by atoms with Crippen LogP contribution in [0.1, 0.15) is 50.0 Å². The quantitative estimate of drug-likeness (QED) is 0.908. The molecular formula is C18H25NO2. The molecule has 1 aromatic carbocycles. The maximum atomic E-state index is 11.3. The summed E-state index contributed by atoms with van der Waals surface area (Å²) >= 11 is 0. The van der Waals surface area contributed by atoms with Crippen LogP contribution in [0.3, 0.4) is 0 Å². The van der Waals surface area contributed by atoms with E-state index >= 15 is 0 Å². The number of nitrogens with zero attached hydrogens (tertiary/aromatic N) is 1. The fourth-order valence-corrected chi connectivity index (χ4v) is 4.66. The van der Waals surface area contributed by atoms with Gasteiger partial charge in [-0.1, -0.05) is 24.6 Å². The van der Waals surface area contributed by atoms with E-state index in [1.807, 2.05) is 6.07 Å². The summed E-state index contributed by atoms with van der Waals surface area (Å²) in [6.07, 6.45) is 6.61. The molecule has 0 amide bonds. The van der Waals surface area contributed by atoms with Crippen molar-refractivity contribution in [3.8, 4) is 5.75 Å². The van der Waals surface area contributed by atoms with E-state index in [-0.39, 0.29) is 0 Å². The zero-order valence-electron chi connectivity index (χ0n) is 12.6. The molecular weight excluding hydrogens is 262 g/mol. The Hall–Kier alpha value is -1.06. The summed E-state index contributed by atoms with van der Waals surface area (Å²) < 4.78 is 5.77. The molecule has 0 spiro atoms. The minimum Gasteiger partial charge on any atom is -0.493 e. The first kappa shape index (κ1) is 13.6. The highest BCUT2D eigenvalue weighted by Gasteiger charge is 2.48. The van der Waals surface area contributed by atoms with E-state index in [9.17, 15) is 5.11 Å². The van der Waals surface area contributed by atoms with Crippen molar-refractivity contribution >= 4 is 0 Å². The van der Waals surface area contributed by atoms with E-state index in [0.717, 1.165) is 38.2 Å². The zero-order chi connectivity index (χ0) is 14.3. The average molecular weight is 287 g/mol. The number of para-hydroxylation sites is 1. The molecule has 3 unspecified atom stereocenters. The van der Waals surface area contributed by atoms with E-state index in [2.05, 4.69) is 23.1 Å². The molecule has 0 aliphatic carbocycles. The summed E-state index contributed by atoms with van der Waals surface area (Å²) in [5, 5.41) is 11.3. The minimum atomic E-state index is -0.491. The summed E-state index contributed by atoms with van der Waals surface area (Å²) in [6, 6.07) is 8.75. The summed E-state index contributed by atoms with van der Waals surface area (Å²) in [5.41, 5.74) is 0.807. The van der Waals surface area contributed by atoms with E-state index in [0.29, 0.717) is 12.0 Å². The second kappa shape index (κ2) is 5.29. The second-order valence-corrected chi connectivity index (χ2v) is 6.98. The molecule has 1 aromatic rings. The van der Waals surface area contributed by atoms with Gasteiger partial charge in [0, 0.05) is 12.6 Å². The van der Waals surface area contributed by atoms with Crippen LogP contribution in [0.2, 0.25) is 0 Å². The van der Waals surface area contributed by atoms with Crippen molar-refractivity contribution in [3.63, 3.8) is 0 Å². The van der Waals surface area contributed by atoms with Crippen molar-refractivity contribution in [2.45, 2.75) is 56.1 Å². The number of benzene rings is 1. The van der Waals surface area contributed by atoms with Crippen molar-refractivity contribution in [3.05, 3.63) is 29.8 Å². The van der Waals surface area contributed by atoms with E-state index in [4.69, 9.17) is 4.74 Å². The molecule has 4 rings (SSSR count). The standard InChI is InChI=1S/C18H25NO2/c20-18(9-11-19-10-4-3-7-17(18)19)13-14-8-12-21-16-6-2-1-5-15(14)16/h1-2,5-6,14,17,20H,3-4,7-13H2. The van der Waals surface area contributed by atoms with Gasteiger partial charge in [0.15, 0.2) is 0 Å². The van der Waals surface area contributed by atoms with Crippen LogP contribution in [-0.2, 0) is 0 Å². The van der Waals surface area contributed by atoms with Crippen LogP contribution in [0.4, 0.5) is 0 Å². The third-order valence-corrected chi connectivity index (χ3v) is 5.75. The van der Waals surface area contributed by atoms with Crippen LogP contribution >= 0.6 is 0 Å². The highest BCUT2D eigenvalue weighted by atomic mass is 16.5. The normalized spacial score (nSPS) is 35.9. The lowest BCUT2D eigenvalue weighted by molar-refractivity contribution is -0.0236.